The molecule has 8 nitrogen and oxygen atoms in total. The first-order valence-electron chi connectivity index (χ1n) is 9.91. The number of hydrogen-bond acceptors (Lipinski definition) is 7. The van der Waals surface area contributed by atoms with Crippen molar-refractivity contribution in [2.75, 3.05) is 20.2 Å². The summed E-state index contributed by atoms with van der Waals surface area (Å²) in [5, 5.41) is 1.87. The van der Waals surface area contributed by atoms with Crippen molar-refractivity contribution in [3.63, 3.8) is 0 Å². The molecule has 0 amide bonds. The molecule has 0 aliphatic carbocycles. The van der Waals surface area contributed by atoms with Crippen LogP contribution in [0.4, 0.5) is 13.2 Å². The van der Waals surface area contributed by atoms with E-state index in [9.17, 15) is 26.4 Å². The second-order valence-electron chi connectivity index (χ2n) is 7.21. The Kier molecular flexibility index (Phi) is 6.19. The van der Waals surface area contributed by atoms with Crippen LogP contribution in [0.5, 0.6) is 5.75 Å². The van der Waals surface area contributed by atoms with E-state index in [1.54, 1.807) is 48.5 Å². The predicted octanol–water partition coefficient (Wildman–Crippen LogP) is 3.76. The molecular weight excluding hydrogens is 475 g/mol. The SMILES string of the molecule is CN(CCOc1cccc2c1ccn2S(=O)(=O)c1cccc2cccnc12)OC(=O)C(F)(F)F. The quantitative estimate of drug-likeness (QED) is 0.362. The third-order valence-corrected chi connectivity index (χ3v) is 6.65. The summed E-state index contributed by atoms with van der Waals surface area (Å²) in [5.74, 6) is -2.01. The van der Waals surface area contributed by atoms with Gasteiger partial charge in [-0.25, -0.2) is 17.2 Å². The topological polar surface area (TPSA) is 90.7 Å². The average molecular weight is 493 g/mol. The number of ether oxygens (including phenoxy) is 1. The maximum atomic E-state index is 13.5. The monoisotopic (exact) mass is 493 g/mol. The Morgan fingerprint density at radius 2 is 1.82 bits per heavy atom. The number of nitrogens with zero attached hydrogens (tertiary/aromatic N) is 3. The summed E-state index contributed by atoms with van der Waals surface area (Å²) in [4.78, 5) is 19.3. The number of halogens is 3. The van der Waals surface area contributed by atoms with E-state index in [1.807, 2.05) is 0 Å². The van der Waals surface area contributed by atoms with Crippen LogP contribution in [0.25, 0.3) is 21.8 Å². The van der Waals surface area contributed by atoms with Crippen LogP contribution in [0.1, 0.15) is 0 Å². The lowest BCUT2D eigenvalue weighted by molar-refractivity contribution is -0.234. The van der Waals surface area contributed by atoms with Gasteiger partial charge in [-0.1, -0.05) is 24.3 Å². The molecule has 0 spiro atoms. The van der Waals surface area contributed by atoms with E-state index >= 15 is 0 Å². The van der Waals surface area contributed by atoms with Gasteiger partial charge in [-0.05, 0) is 30.3 Å². The highest BCUT2D eigenvalue weighted by Gasteiger charge is 2.42. The van der Waals surface area contributed by atoms with Crippen molar-refractivity contribution in [3.8, 4) is 5.75 Å². The maximum absolute atomic E-state index is 13.5. The van der Waals surface area contributed by atoms with Gasteiger partial charge < -0.3 is 9.57 Å². The lowest BCUT2D eigenvalue weighted by Gasteiger charge is -2.17. The van der Waals surface area contributed by atoms with Gasteiger partial charge in [0.05, 0.1) is 17.6 Å². The second kappa shape index (κ2) is 8.95. The molecule has 2 aromatic heterocycles. The number of hydroxylamine groups is 2. The number of alkyl halides is 3. The van der Waals surface area contributed by atoms with Gasteiger partial charge in [0.15, 0.2) is 0 Å². The number of fused-ring (bicyclic) bond motifs is 2. The number of pyridine rings is 1. The van der Waals surface area contributed by atoms with Gasteiger partial charge in [0, 0.05) is 30.2 Å². The minimum atomic E-state index is -5.10. The molecule has 0 N–H and O–H groups in total. The fourth-order valence-corrected chi connectivity index (χ4v) is 4.88. The molecule has 2 aromatic carbocycles. The smallest absolute Gasteiger partial charge is 0.491 e. The maximum Gasteiger partial charge on any atom is 0.492 e. The number of carbonyl (C=O) groups excluding carboxylic acids is 1. The molecule has 0 unspecified atom stereocenters. The summed E-state index contributed by atoms with van der Waals surface area (Å²) in [6, 6.07) is 14.7. The molecule has 0 bridgehead atoms. The van der Waals surface area contributed by atoms with E-state index in [4.69, 9.17) is 4.74 Å². The first kappa shape index (κ1) is 23.5. The Balaban J connectivity index is 1.57. The van der Waals surface area contributed by atoms with Crippen molar-refractivity contribution >= 4 is 37.8 Å². The zero-order valence-electron chi connectivity index (χ0n) is 17.7. The molecule has 0 atom stereocenters. The fourth-order valence-electron chi connectivity index (χ4n) is 3.36. The predicted molar refractivity (Wildman–Crippen MR) is 117 cm³/mol. The van der Waals surface area contributed by atoms with Gasteiger partial charge in [-0.3, -0.25) is 4.98 Å². The van der Waals surface area contributed by atoms with Crippen LogP contribution >= 0.6 is 0 Å². The van der Waals surface area contributed by atoms with Crippen LogP contribution in [0, 0.1) is 0 Å². The number of benzene rings is 2. The first-order chi connectivity index (χ1) is 16.1. The third-order valence-electron chi connectivity index (χ3n) is 4.92. The van der Waals surface area contributed by atoms with E-state index < -0.39 is 22.2 Å². The summed E-state index contributed by atoms with van der Waals surface area (Å²) in [6.45, 7) is -0.273. The van der Waals surface area contributed by atoms with Crippen molar-refractivity contribution in [2.45, 2.75) is 11.1 Å². The zero-order valence-corrected chi connectivity index (χ0v) is 18.5. The van der Waals surface area contributed by atoms with Crippen molar-refractivity contribution in [3.05, 3.63) is 67.0 Å². The van der Waals surface area contributed by atoms with Gasteiger partial charge >= 0.3 is 12.1 Å². The Labute approximate surface area is 192 Å². The molecule has 0 aliphatic heterocycles. The van der Waals surface area contributed by atoms with Gasteiger partial charge in [0.25, 0.3) is 10.0 Å². The molecule has 178 valence electrons. The summed E-state index contributed by atoms with van der Waals surface area (Å²) in [6.07, 6.45) is -2.19. The number of likely N-dealkylation sites (N-methyl/N-ethyl adjacent to an activating group) is 1. The van der Waals surface area contributed by atoms with Crippen LogP contribution in [-0.4, -0.2) is 54.8 Å². The molecule has 0 fully saturated rings. The van der Waals surface area contributed by atoms with Crippen molar-refractivity contribution < 1.29 is 36.0 Å². The molecule has 0 saturated carbocycles. The van der Waals surface area contributed by atoms with E-state index in [0.717, 1.165) is 11.0 Å². The lowest BCUT2D eigenvalue weighted by atomic mass is 10.2. The van der Waals surface area contributed by atoms with Crippen LogP contribution < -0.4 is 4.74 Å². The normalized spacial score (nSPS) is 12.4. The molecular formula is C22H18F3N3O5S. The van der Waals surface area contributed by atoms with Crippen molar-refractivity contribution in [2.24, 2.45) is 0 Å². The number of rotatable bonds is 7. The minimum absolute atomic E-state index is 0.0440. The molecule has 0 radical (unpaired) electrons. The molecule has 4 rings (SSSR count). The summed E-state index contributed by atoms with van der Waals surface area (Å²) in [5.41, 5.74) is 0.693. The molecule has 4 aromatic rings. The van der Waals surface area contributed by atoms with Crippen LogP contribution in [0.15, 0.2) is 71.9 Å². The standard InChI is InChI=1S/C22H18F3N3O5S/c1-27(33-21(29)22(23,24)25)13-14-32-18-8-3-7-17-16(18)10-12-28(17)34(30,31)19-9-2-5-15-6-4-11-26-20(15)19/h2-12H,13-14H2,1H3. The number of aromatic nitrogens is 2. The van der Waals surface area contributed by atoms with Crippen LogP contribution in [0.3, 0.4) is 0 Å². The minimum Gasteiger partial charge on any atom is -0.491 e. The zero-order chi connectivity index (χ0) is 24.5. The van der Waals surface area contributed by atoms with Crippen molar-refractivity contribution in [1.29, 1.82) is 0 Å². The number of carbonyl (C=O) groups is 1. The van der Waals surface area contributed by atoms with Gasteiger partial charge in [-0.2, -0.15) is 13.2 Å². The molecule has 0 aliphatic rings. The van der Waals surface area contributed by atoms with Gasteiger partial charge in [-0.15, -0.1) is 5.06 Å². The first-order valence-corrected chi connectivity index (χ1v) is 11.4. The van der Waals surface area contributed by atoms with Gasteiger partial charge in [0.2, 0.25) is 0 Å². The van der Waals surface area contributed by atoms with E-state index in [1.165, 1.54) is 18.5 Å². The molecule has 0 saturated heterocycles. The van der Waals surface area contributed by atoms with Crippen LogP contribution in [0.2, 0.25) is 0 Å². The van der Waals surface area contributed by atoms with E-state index in [-0.39, 0.29) is 18.0 Å². The average Bonchev–Trinajstić information content (AvgIpc) is 3.24. The fraction of sp³-hybridized carbons (Fsp3) is 0.182. The summed E-state index contributed by atoms with van der Waals surface area (Å²) >= 11 is 0. The Morgan fingerprint density at radius 1 is 1.09 bits per heavy atom. The molecule has 34 heavy (non-hydrogen) atoms. The molecule has 2 heterocycles. The number of para-hydroxylation sites is 1. The largest absolute Gasteiger partial charge is 0.492 e. The Bertz CT molecular complexity index is 1460. The molecule has 12 heteroatoms. The highest BCUT2D eigenvalue weighted by molar-refractivity contribution is 7.90. The second-order valence-corrected chi connectivity index (χ2v) is 9.00. The summed E-state index contributed by atoms with van der Waals surface area (Å²) in [7, 11) is -2.84. The van der Waals surface area contributed by atoms with E-state index in [0.29, 0.717) is 32.6 Å². The van der Waals surface area contributed by atoms with Crippen LogP contribution in [-0.2, 0) is 19.7 Å². The van der Waals surface area contributed by atoms with Crippen molar-refractivity contribution in [1.82, 2.24) is 14.0 Å². The highest BCUT2D eigenvalue weighted by atomic mass is 32.2. The number of hydrogen-bond donors (Lipinski definition) is 0. The summed E-state index contributed by atoms with van der Waals surface area (Å²) < 4.78 is 70.5. The third kappa shape index (κ3) is 4.54. The van der Waals surface area contributed by atoms with Gasteiger partial charge in [0.1, 0.15) is 17.3 Å². The highest BCUT2D eigenvalue weighted by Crippen LogP contribution is 2.31. The Hall–Kier alpha value is -3.64. The Morgan fingerprint density at radius 3 is 2.59 bits per heavy atom. The lowest BCUT2D eigenvalue weighted by Crippen LogP contribution is -2.34. The van der Waals surface area contributed by atoms with E-state index in [2.05, 4.69) is 9.82 Å².